The molecular weight excluding hydrogens is 594 g/mol. The number of carboxylic acid groups (broad SMARTS) is 1. The van der Waals surface area contributed by atoms with E-state index in [1.54, 1.807) is 6.92 Å². The van der Waals surface area contributed by atoms with Gasteiger partial charge in [0.1, 0.15) is 0 Å². The van der Waals surface area contributed by atoms with Crippen LogP contribution in [0.15, 0.2) is 15.3 Å². The fraction of sp³-hybridized carbons (Fsp3) is 0.800. The molecule has 0 saturated heterocycles. The van der Waals surface area contributed by atoms with Gasteiger partial charge in [-0.2, -0.15) is 0 Å². The van der Waals surface area contributed by atoms with Crippen molar-refractivity contribution in [2.24, 2.45) is 15.3 Å². The fourth-order valence-electron chi connectivity index (χ4n) is 1.70. The quantitative estimate of drug-likeness (QED) is 0.0361. The summed E-state index contributed by atoms with van der Waals surface area (Å²) < 4.78 is 9.33. The third-order valence-corrected chi connectivity index (χ3v) is 3.98. The summed E-state index contributed by atoms with van der Waals surface area (Å²) in [5.41, 5.74) is 23.4. The number of nitrogens with zero attached hydrogens (tertiary/aromatic N) is 9. The zero-order valence-electron chi connectivity index (χ0n) is 21.6. The monoisotopic (exact) mass is 627 g/mol. The highest BCUT2D eigenvalue weighted by Crippen LogP contribution is 1.96. The van der Waals surface area contributed by atoms with E-state index in [-0.39, 0.29) is 36.6 Å². The van der Waals surface area contributed by atoms with E-state index in [1.807, 2.05) is 6.92 Å². The molecule has 16 nitrogen and oxygen atoms in total. The van der Waals surface area contributed by atoms with Gasteiger partial charge in [-0.25, -0.2) is 0 Å². The number of carbonyl (C=O) groups excluding carboxylic acids is 3. The predicted octanol–water partition coefficient (Wildman–Crippen LogP) is 6.37. The number of carbonyl (C=O) groups is 4. The normalized spacial score (nSPS) is 8.42. The van der Waals surface area contributed by atoms with Gasteiger partial charge in [-0.1, -0.05) is 31.3 Å². The van der Waals surface area contributed by atoms with Crippen molar-refractivity contribution < 1.29 is 33.8 Å². The van der Waals surface area contributed by atoms with Crippen molar-refractivity contribution in [2.75, 3.05) is 38.2 Å². The van der Waals surface area contributed by atoms with Crippen molar-refractivity contribution in [2.45, 2.75) is 65.2 Å². The number of aliphatic carboxylic acids is 1. The summed E-state index contributed by atoms with van der Waals surface area (Å²) in [6, 6.07) is 0. The Bertz CT molecular complexity index is 749. The lowest BCUT2D eigenvalue weighted by Gasteiger charge is -1.98. The number of halogens is 2. The van der Waals surface area contributed by atoms with Crippen molar-refractivity contribution in [1.29, 1.82) is 0 Å². The molecule has 0 aliphatic heterocycles. The second kappa shape index (κ2) is 38.3. The molecule has 0 aliphatic rings. The van der Waals surface area contributed by atoms with Crippen LogP contribution in [-0.2, 0) is 28.7 Å². The topological polar surface area (TPSA) is 253 Å². The summed E-state index contributed by atoms with van der Waals surface area (Å²) >= 11 is 8.20. The minimum atomic E-state index is -0.858. The Morgan fingerprint density at radius 3 is 1.42 bits per heavy atom. The van der Waals surface area contributed by atoms with Gasteiger partial charge >= 0.3 is 17.9 Å². The molecule has 38 heavy (non-hydrogen) atoms. The van der Waals surface area contributed by atoms with Gasteiger partial charge in [0, 0.05) is 65.4 Å². The zero-order valence-corrected chi connectivity index (χ0v) is 23.9. The fourth-order valence-corrected chi connectivity index (χ4v) is 2.11. The van der Waals surface area contributed by atoms with Crippen LogP contribution in [0.25, 0.3) is 31.3 Å². The molecule has 1 N–H and O–H groups in total. The molecular formula is C20H35BrClN9O7. The molecule has 18 heteroatoms. The van der Waals surface area contributed by atoms with Crippen LogP contribution in [0.3, 0.4) is 0 Å². The van der Waals surface area contributed by atoms with Gasteiger partial charge in [0.25, 0.3) is 0 Å². The molecule has 0 unspecified atom stereocenters. The molecule has 0 spiro atoms. The zero-order chi connectivity index (χ0) is 29.9. The minimum Gasteiger partial charge on any atom is -0.481 e. The Balaban J connectivity index is -0.000000204. The van der Waals surface area contributed by atoms with E-state index in [1.165, 1.54) is 0 Å². The van der Waals surface area contributed by atoms with Crippen LogP contribution < -0.4 is 0 Å². The van der Waals surface area contributed by atoms with E-state index in [0.29, 0.717) is 58.4 Å². The Labute approximate surface area is 234 Å². The highest BCUT2D eigenvalue weighted by molar-refractivity contribution is 9.09. The number of alkyl halides is 1. The van der Waals surface area contributed by atoms with Crippen LogP contribution in [0, 0.1) is 0 Å². The Kier molecular flexibility index (Phi) is 42.2. The first-order valence-electron chi connectivity index (χ1n) is 11.5. The second-order valence-electron chi connectivity index (χ2n) is 6.33. The number of rotatable bonds is 17. The van der Waals surface area contributed by atoms with Crippen LogP contribution in [0.1, 0.15) is 65.2 Å². The van der Waals surface area contributed by atoms with Gasteiger partial charge in [-0.05, 0) is 67.7 Å². The predicted molar refractivity (Wildman–Crippen MR) is 145 cm³/mol. The Hall–Kier alpha value is -3.22. The third kappa shape index (κ3) is 53.9. The van der Waals surface area contributed by atoms with E-state index < -0.39 is 5.97 Å². The first-order chi connectivity index (χ1) is 18.2. The number of hydrogen-bond donors (Lipinski definition) is 1. The molecule has 0 bridgehead atoms. The minimum absolute atomic E-state index is 0.0685. The summed E-state index contributed by atoms with van der Waals surface area (Å²) in [4.78, 5) is 48.6. The lowest BCUT2D eigenvalue weighted by Crippen LogP contribution is -2.03. The molecule has 0 saturated carbocycles. The van der Waals surface area contributed by atoms with Crippen molar-refractivity contribution >= 4 is 50.7 Å². The maximum atomic E-state index is 10.6. The van der Waals surface area contributed by atoms with Gasteiger partial charge in [-0.3, -0.25) is 19.2 Å². The van der Waals surface area contributed by atoms with E-state index in [0.717, 1.165) is 11.8 Å². The van der Waals surface area contributed by atoms with Crippen LogP contribution in [0.2, 0.25) is 0 Å². The molecule has 0 fully saturated rings. The smallest absolute Gasteiger partial charge is 0.305 e. The Morgan fingerprint density at radius 1 is 0.737 bits per heavy atom. The van der Waals surface area contributed by atoms with E-state index in [2.05, 4.69) is 55.5 Å². The molecule has 0 radical (unpaired) electrons. The van der Waals surface area contributed by atoms with E-state index in [4.69, 9.17) is 33.3 Å². The highest BCUT2D eigenvalue weighted by Gasteiger charge is 1.99. The van der Waals surface area contributed by atoms with Crippen LogP contribution in [0.4, 0.5) is 0 Å². The first kappa shape index (κ1) is 41.9. The van der Waals surface area contributed by atoms with Gasteiger partial charge in [-0.15, -0.1) is 0 Å². The SMILES string of the molecule is CCOC(=O)CCCBr.CCOC(=O)CCCN=[N+]=[N-].[N-]=[N+]=NCCCC(=O)Cl.[N-]=[N+]=NCCCC(=O)O. The van der Waals surface area contributed by atoms with Gasteiger partial charge in [0.15, 0.2) is 0 Å². The van der Waals surface area contributed by atoms with Crippen molar-refractivity contribution in [3.63, 3.8) is 0 Å². The van der Waals surface area contributed by atoms with Crippen molar-refractivity contribution in [3.8, 4) is 0 Å². The van der Waals surface area contributed by atoms with Gasteiger partial charge in [0.05, 0.1) is 13.2 Å². The van der Waals surface area contributed by atoms with E-state index >= 15 is 0 Å². The number of carboxylic acids is 1. The molecule has 0 aromatic heterocycles. The summed E-state index contributed by atoms with van der Waals surface area (Å²) in [5, 5.41) is 18.2. The van der Waals surface area contributed by atoms with Crippen molar-refractivity contribution in [3.05, 3.63) is 31.3 Å². The lowest BCUT2D eigenvalue weighted by molar-refractivity contribution is -0.144. The highest BCUT2D eigenvalue weighted by atomic mass is 79.9. The molecule has 0 aromatic carbocycles. The molecule has 0 aliphatic carbocycles. The number of ether oxygens (including phenoxy) is 2. The standard InChI is InChI=1S/C6H11BrO2.C6H11N3O2.C4H6ClN3O.C4H7N3O2/c1-2-9-6(8)4-3-5-7;1-2-11-6(10)4-3-5-8-9-7;5-4(9)2-1-3-7-8-6;5-7-6-3-1-2-4(8)9/h2-5H2,1H3;2-5H2,1H3;1-3H2;1-3H2,(H,8,9). The average molecular weight is 629 g/mol. The number of hydrogen-bond acceptors (Lipinski definition) is 9. The van der Waals surface area contributed by atoms with Gasteiger partial charge < -0.3 is 14.6 Å². The molecule has 0 heterocycles. The van der Waals surface area contributed by atoms with Crippen LogP contribution >= 0.6 is 27.5 Å². The second-order valence-corrected chi connectivity index (χ2v) is 7.54. The van der Waals surface area contributed by atoms with Crippen molar-refractivity contribution in [1.82, 2.24) is 0 Å². The molecule has 0 aromatic rings. The summed E-state index contributed by atoms with van der Waals surface area (Å²) in [7, 11) is 0. The number of esters is 2. The molecule has 0 amide bonds. The summed E-state index contributed by atoms with van der Waals surface area (Å²) in [6.45, 7) is 5.42. The maximum absolute atomic E-state index is 10.6. The van der Waals surface area contributed by atoms with Crippen LogP contribution in [0.5, 0.6) is 0 Å². The largest absolute Gasteiger partial charge is 0.481 e. The summed E-state index contributed by atoms with van der Waals surface area (Å²) in [5.74, 6) is -1.19. The van der Waals surface area contributed by atoms with Gasteiger partial charge in [0.2, 0.25) is 5.24 Å². The molecule has 216 valence electrons. The number of azide groups is 3. The lowest BCUT2D eigenvalue weighted by atomic mass is 10.3. The Morgan fingerprint density at radius 2 is 1.11 bits per heavy atom. The van der Waals surface area contributed by atoms with E-state index in [9.17, 15) is 19.2 Å². The first-order valence-corrected chi connectivity index (χ1v) is 13.0. The molecule has 0 rings (SSSR count). The maximum Gasteiger partial charge on any atom is 0.305 e. The molecule has 0 atom stereocenters. The van der Waals surface area contributed by atoms with Crippen LogP contribution in [-0.4, -0.2) is 66.4 Å². The average Bonchev–Trinajstić information content (AvgIpc) is 2.87. The summed E-state index contributed by atoms with van der Waals surface area (Å²) in [6.07, 6.45) is 3.57. The third-order valence-electron chi connectivity index (χ3n) is 3.23.